The van der Waals surface area contributed by atoms with Gasteiger partial charge in [-0.3, -0.25) is 4.90 Å². The summed E-state index contributed by atoms with van der Waals surface area (Å²) in [6, 6.07) is 4.99. The zero-order chi connectivity index (χ0) is 13.5. The van der Waals surface area contributed by atoms with Gasteiger partial charge in [0.15, 0.2) is 0 Å². The van der Waals surface area contributed by atoms with Crippen LogP contribution in [0.1, 0.15) is 50.8 Å². The molecule has 0 spiro atoms. The van der Waals surface area contributed by atoms with E-state index >= 15 is 0 Å². The molecule has 1 fully saturated rings. The molecule has 0 unspecified atom stereocenters. The molecule has 0 amide bonds. The van der Waals surface area contributed by atoms with Gasteiger partial charge in [0.2, 0.25) is 0 Å². The van der Waals surface area contributed by atoms with Crippen LogP contribution in [-0.2, 0) is 6.54 Å². The van der Waals surface area contributed by atoms with Crippen LogP contribution in [0.5, 0.6) is 0 Å². The fourth-order valence-electron chi connectivity index (χ4n) is 2.47. The number of halogens is 1. The predicted molar refractivity (Wildman–Crippen MR) is 81.7 cm³/mol. The molecular formula is C15H25BrN2. The van der Waals surface area contributed by atoms with E-state index in [0.29, 0.717) is 0 Å². The van der Waals surface area contributed by atoms with Crippen molar-refractivity contribution in [2.45, 2.75) is 59.0 Å². The molecule has 0 atom stereocenters. The van der Waals surface area contributed by atoms with Crippen molar-refractivity contribution in [1.29, 1.82) is 0 Å². The average molecular weight is 313 g/mol. The summed E-state index contributed by atoms with van der Waals surface area (Å²) in [4.78, 5) is 6.92. The molecule has 18 heavy (non-hydrogen) atoms. The third kappa shape index (κ3) is 4.36. The zero-order valence-corrected chi connectivity index (χ0v) is 13.6. The molecule has 0 radical (unpaired) electrons. The highest BCUT2D eigenvalue weighted by atomic mass is 79.9. The first-order chi connectivity index (χ1) is 8.66. The van der Waals surface area contributed by atoms with Crippen LogP contribution in [0.25, 0.3) is 0 Å². The molecule has 1 aromatic rings. The van der Waals surface area contributed by atoms with E-state index in [-0.39, 0.29) is 0 Å². The smallest absolute Gasteiger partial charge is 0.106 e. The lowest BCUT2D eigenvalue weighted by Crippen LogP contribution is -2.28. The average Bonchev–Trinajstić information content (AvgIpc) is 2.89. The molecule has 1 aliphatic rings. The summed E-state index contributed by atoms with van der Waals surface area (Å²) >= 11 is 3.40. The molecule has 102 valence electrons. The summed E-state index contributed by atoms with van der Waals surface area (Å²) in [5.41, 5.74) is 2.48. The van der Waals surface area contributed by atoms with E-state index in [1.54, 1.807) is 0 Å². The van der Waals surface area contributed by atoms with Gasteiger partial charge in [0.05, 0.1) is 0 Å². The Balaban J connectivity index is 0.000000771. The van der Waals surface area contributed by atoms with Crippen LogP contribution < -0.4 is 0 Å². The van der Waals surface area contributed by atoms with Crippen molar-refractivity contribution < 1.29 is 0 Å². The highest BCUT2D eigenvalue weighted by Gasteiger charge is 2.19. The van der Waals surface area contributed by atoms with Crippen molar-refractivity contribution in [3.8, 4) is 0 Å². The Morgan fingerprint density at radius 3 is 2.44 bits per heavy atom. The zero-order valence-electron chi connectivity index (χ0n) is 12.0. The van der Waals surface area contributed by atoms with Crippen molar-refractivity contribution in [3.63, 3.8) is 0 Å². The van der Waals surface area contributed by atoms with E-state index in [9.17, 15) is 0 Å². The molecule has 0 aromatic carbocycles. The maximum absolute atomic E-state index is 4.44. The minimum atomic E-state index is 0.781. The second-order valence-corrected chi connectivity index (χ2v) is 5.54. The van der Waals surface area contributed by atoms with Gasteiger partial charge in [0, 0.05) is 18.3 Å². The van der Waals surface area contributed by atoms with Crippen LogP contribution in [0, 0.1) is 6.92 Å². The fourth-order valence-corrected chi connectivity index (χ4v) is 2.87. The number of aryl methyl sites for hydroxylation is 1. The number of hydrogen-bond acceptors (Lipinski definition) is 2. The summed E-state index contributed by atoms with van der Waals surface area (Å²) in [5.74, 6) is 0. The Labute approximate surface area is 120 Å². The molecule has 0 bridgehead atoms. The Bertz CT molecular complexity index is 360. The lowest BCUT2D eigenvalue weighted by atomic mass is 10.1. The van der Waals surface area contributed by atoms with E-state index in [4.69, 9.17) is 0 Å². The van der Waals surface area contributed by atoms with Crippen LogP contribution in [-0.4, -0.2) is 23.0 Å². The van der Waals surface area contributed by atoms with Crippen LogP contribution in [0.4, 0.5) is 0 Å². The topological polar surface area (TPSA) is 16.1 Å². The molecule has 0 N–H and O–H groups in total. The predicted octanol–water partition coefficient (Wildman–Crippen LogP) is 4.55. The SMILES string of the molecule is CC.Cc1nc(Br)ccc1CN(C)C1CCCC1. The van der Waals surface area contributed by atoms with Crippen molar-refractivity contribution in [1.82, 2.24) is 9.88 Å². The molecule has 0 saturated heterocycles. The lowest BCUT2D eigenvalue weighted by Gasteiger charge is -2.24. The number of aromatic nitrogens is 1. The van der Waals surface area contributed by atoms with Gasteiger partial charge < -0.3 is 0 Å². The van der Waals surface area contributed by atoms with E-state index < -0.39 is 0 Å². The highest BCUT2D eigenvalue weighted by Crippen LogP contribution is 2.24. The first-order valence-electron chi connectivity index (χ1n) is 6.99. The van der Waals surface area contributed by atoms with Gasteiger partial charge in [-0.25, -0.2) is 4.98 Å². The summed E-state index contributed by atoms with van der Waals surface area (Å²) in [7, 11) is 2.23. The minimum absolute atomic E-state index is 0.781. The number of pyridine rings is 1. The molecular weight excluding hydrogens is 288 g/mol. The summed E-state index contributed by atoms with van der Waals surface area (Å²) in [5, 5.41) is 0. The monoisotopic (exact) mass is 312 g/mol. The minimum Gasteiger partial charge on any atom is -0.299 e. The molecule has 0 aliphatic heterocycles. The molecule has 1 aromatic heterocycles. The first kappa shape index (κ1) is 15.6. The lowest BCUT2D eigenvalue weighted by molar-refractivity contribution is 0.236. The summed E-state index contributed by atoms with van der Waals surface area (Å²) in [6.07, 6.45) is 5.51. The van der Waals surface area contributed by atoms with Gasteiger partial charge in [-0.15, -0.1) is 0 Å². The molecule has 1 heterocycles. The third-order valence-corrected chi connectivity index (χ3v) is 3.97. The van der Waals surface area contributed by atoms with Gasteiger partial charge in [0.25, 0.3) is 0 Å². The van der Waals surface area contributed by atoms with Gasteiger partial charge in [-0.1, -0.05) is 32.8 Å². The van der Waals surface area contributed by atoms with Crippen molar-refractivity contribution in [2.24, 2.45) is 0 Å². The number of hydrogen-bond donors (Lipinski definition) is 0. The molecule has 1 saturated carbocycles. The molecule has 2 rings (SSSR count). The van der Waals surface area contributed by atoms with Gasteiger partial charge in [-0.05, 0) is 54.4 Å². The molecule has 3 heteroatoms. The highest BCUT2D eigenvalue weighted by molar-refractivity contribution is 9.10. The van der Waals surface area contributed by atoms with Gasteiger partial charge >= 0.3 is 0 Å². The van der Waals surface area contributed by atoms with E-state index in [1.807, 2.05) is 19.9 Å². The first-order valence-corrected chi connectivity index (χ1v) is 7.78. The normalized spacial score (nSPS) is 15.7. The van der Waals surface area contributed by atoms with E-state index in [2.05, 4.69) is 45.9 Å². The quantitative estimate of drug-likeness (QED) is 0.761. The van der Waals surface area contributed by atoms with Crippen LogP contribution in [0.2, 0.25) is 0 Å². The Kier molecular flexibility index (Phi) is 6.87. The number of nitrogens with zero attached hydrogens (tertiary/aromatic N) is 2. The maximum atomic E-state index is 4.44. The van der Waals surface area contributed by atoms with Crippen LogP contribution in [0.3, 0.4) is 0 Å². The Morgan fingerprint density at radius 1 is 1.28 bits per heavy atom. The Hall–Kier alpha value is -0.410. The molecule has 1 aliphatic carbocycles. The maximum Gasteiger partial charge on any atom is 0.106 e. The van der Waals surface area contributed by atoms with Crippen molar-refractivity contribution in [2.75, 3.05) is 7.05 Å². The third-order valence-electron chi connectivity index (χ3n) is 3.53. The van der Waals surface area contributed by atoms with Crippen molar-refractivity contribution >= 4 is 15.9 Å². The van der Waals surface area contributed by atoms with Crippen molar-refractivity contribution in [3.05, 3.63) is 28.0 Å². The van der Waals surface area contributed by atoms with E-state index in [0.717, 1.165) is 22.9 Å². The second kappa shape index (κ2) is 7.90. The van der Waals surface area contributed by atoms with Gasteiger partial charge in [0.1, 0.15) is 4.60 Å². The van der Waals surface area contributed by atoms with Gasteiger partial charge in [-0.2, -0.15) is 0 Å². The van der Waals surface area contributed by atoms with Crippen LogP contribution >= 0.6 is 15.9 Å². The van der Waals surface area contributed by atoms with E-state index in [1.165, 1.54) is 31.2 Å². The number of rotatable bonds is 3. The Morgan fingerprint density at radius 2 is 1.89 bits per heavy atom. The second-order valence-electron chi connectivity index (χ2n) is 4.73. The van der Waals surface area contributed by atoms with Crippen LogP contribution in [0.15, 0.2) is 16.7 Å². The fraction of sp³-hybridized carbons (Fsp3) is 0.667. The largest absolute Gasteiger partial charge is 0.299 e. The summed E-state index contributed by atoms with van der Waals surface area (Å²) < 4.78 is 0.928. The molecule has 2 nitrogen and oxygen atoms in total. The summed E-state index contributed by atoms with van der Waals surface area (Å²) in [6.45, 7) is 7.11. The standard InChI is InChI=1S/C13H19BrN2.C2H6/c1-10-11(7-8-13(14)15-10)9-16(2)12-5-3-4-6-12;1-2/h7-8,12H,3-6,9H2,1-2H3;1-2H3.